The van der Waals surface area contributed by atoms with E-state index in [2.05, 4.69) is 5.32 Å². The first-order chi connectivity index (χ1) is 16.3. The van der Waals surface area contributed by atoms with Crippen LogP contribution in [0.15, 0.2) is 77.7 Å². The summed E-state index contributed by atoms with van der Waals surface area (Å²) in [7, 11) is -0.829. The Hall–Kier alpha value is -3.52. The molecule has 0 saturated carbocycles. The van der Waals surface area contributed by atoms with Crippen LogP contribution in [-0.2, 0) is 14.8 Å². The smallest absolute Gasteiger partial charge is 0.264 e. The van der Waals surface area contributed by atoms with Crippen LogP contribution in [0.2, 0.25) is 0 Å². The normalized spacial score (nSPS) is 12.0. The lowest BCUT2D eigenvalue weighted by atomic mass is 10.0. The molecular weight excluding hydrogens is 452 g/mol. The van der Waals surface area contributed by atoms with Gasteiger partial charge in [-0.2, -0.15) is 0 Å². The molecule has 0 saturated heterocycles. The molecule has 1 amide bonds. The summed E-state index contributed by atoms with van der Waals surface area (Å²) in [6.07, 6.45) is 0.644. The van der Waals surface area contributed by atoms with Gasteiger partial charge in [-0.3, -0.25) is 9.10 Å². The average Bonchev–Trinajstić information content (AvgIpc) is 2.86. The minimum absolute atomic E-state index is 0.108. The summed E-state index contributed by atoms with van der Waals surface area (Å²) in [4.78, 5) is 13.2. The number of carbonyl (C=O) groups excluding carboxylic acids is 1. The highest BCUT2D eigenvalue weighted by molar-refractivity contribution is 7.92. The van der Waals surface area contributed by atoms with Crippen LogP contribution in [0.25, 0.3) is 0 Å². The van der Waals surface area contributed by atoms with Gasteiger partial charge in [-0.25, -0.2) is 8.42 Å². The van der Waals surface area contributed by atoms with Crippen molar-refractivity contribution >= 4 is 21.6 Å². The highest BCUT2D eigenvalue weighted by Gasteiger charge is 2.28. The Morgan fingerprint density at radius 1 is 0.971 bits per heavy atom. The van der Waals surface area contributed by atoms with E-state index in [0.717, 1.165) is 21.2 Å². The fourth-order valence-electron chi connectivity index (χ4n) is 3.69. The molecule has 3 aromatic rings. The Kier molecular flexibility index (Phi) is 8.17. The maximum Gasteiger partial charge on any atom is 0.264 e. The van der Waals surface area contributed by atoms with E-state index in [4.69, 9.17) is 9.47 Å². The largest absolute Gasteiger partial charge is 0.497 e. The Morgan fingerprint density at radius 2 is 1.65 bits per heavy atom. The van der Waals surface area contributed by atoms with Gasteiger partial charge in [-0.15, -0.1) is 0 Å². The molecule has 0 heterocycles. The number of nitrogens with one attached hydrogen (secondary N) is 1. The number of ether oxygens (including phenoxy) is 2. The second-order valence-electron chi connectivity index (χ2n) is 7.78. The number of nitrogens with zero attached hydrogens (tertiary/aromatic N) is 1. The first-order valence-corrected chi connectivity index (χ1v) is 12.4. The SMILES string of the molecule is CC[C@@H](NC(=O)CN(c1ccc(OC)cc1)S(=O)(=O)c1ccccc1)c1ccc(OC)c(C)c1. The summed E-state index contributed by atoms with van der Waals surface area (Å²) in [5, 5.41) is 2.98. The number of hydrogen-bond acceptors (Lipinski definition) is 5. The van der Waals surface area contributed by atoms with E-state index in [1.807, 2.05) is 32.0 Å². The molecule has 0 radical (unpaired) electrons. The number of sulfonamides is 1. The lowest BCUT2D eigenvalue weighted by Crippen LogP contribution is -2.42. The van der Waals surface area contributed by atoms with E-state index in [-0.39, 0.29) is 17.5 Å². The Bertz CT molecular complexity index is 1210. The monoisotopic (exact) mass is 482 g/mol. The standard InChI is InChI=1S/C26H30N2O5S/c1-5-24(20-11-16-25(33-4)19(2)17-20)27-26(29)18-28(21-12-14-22(32-3)15-13-21)34(30,31)23-9-7-6-8-10-23/h6-17,24H,5,18H2,1-4H3,(H,27,29)/t24-/m1/s1. The molecule has 1 atom stereocenters. The number of rotatable bonds is 10. The third-order valence-corrected chi connectivity index (χ3v) is 7.33. The summed E-state index contributed by atoms with van der Waals surface area (Å²) in [5.41, 5.74) is 2.25. The van der Waals surface area contributed by atoms with Crippen LogP contribution in [0, 0.1) is 6.92 Å². The fraction of sp³-hybridized carbons (Fsp3) is 0.269. The highest BCUT2D eigenvalue weighted by atomic mass is 32.2. The molecule has 7 nitrogen and oxygen atoms in total. The predicted molar refractivity (Wildman–Crippen MR) is 133 cm³/mol. The van der Waals surface area contributed by atoms with Gasteiger partial charge >= 0.3 is 0 Å². The molecule has 3 rings (SSSR count). The summed E-state index contributed by atoms with van der Waals surface area (Å²) >= 11 is 0. The summed E-state index contributed by atoms with van der Waals surface area (Å²) in [6, 6.07) is 20.1. The second-order valence-corrected chi connectivity index (χ2v) is 9.64. The number of carbonyl (C=O) groups is 1. The van der Waals surface area contributed by atoms with E-state index in [0.29, 0.717) is 17.9 Å². The van der Waals surface area contributed by atoms with Crippen LogP contribution in [0.5, 0.6) is 11.5 Å². The average molecular weight is 483 g/mol. The van der Waals surface area contributed by atoms with E-state index in [1.165, 1.54) is 19.2 Å². The zero-order valence-electron chi connectivity index (χ0n) is 19.8. The third kappa shape index (κ3) is 5.69. The quantitative estimate of drug-likeness (QED) is 0.461. The van der Waals surface area contributed by atoms with E-state index < -0.39 is 15.9 Å². The van der Waals surface area contributed by atoms with Gasteiger partial charge in [-0.05, 0) is 66.9 Å². The molecular formula is C26H30N2O5S. The van der Waals surface area contributed by atoms with Crippen LogP contribution in [0.4, 0.5) is 5.69 Å². The highest BCUT2D eigenvalue weighted by Crippen LogP contribution is 2.27. The molecule has 180 valence electrons. The van der Waals surface area contributed by atoms with Crippen LogP contribution in [0.3, 0.4) is 0 Å². The minimum Gasteiger partial charge on any atom is -0.497 e. The molecule has 0 aliphatic rings. The zero-order chi connectivity index (χ0) is 24.7. The fourth-order valence-corrected chi connectivity index (χ4v) is 5.14. The van der Waals surface area contributed by atoms with Crippen molar-refractivity contribution in [1.82, 2.24) is 5.32 Å². The molecule has 34 heavy (non-hydrogen) atoms. The summed E-state index contributed by atoms with van der Waals surface area (Å²) in [6.45, 7) is 3.54. The number of amides is 1. The molecule has 0 aliphatic heterocycles. The van der Waals surface area contributed by atoms with Crippen molar-refractivity contribution < 1.29 is 22.7 Å². The maximum absolute atomic E-state index is 13.5. The molecule has 0 bridgehead atoms. The van der Waals surface area contributed by atoms with Gasteiger partial charge in [0.2, 0.25) is 5.91 Å². The molecule has 1 N–H and O–H groups in total. The van der Waals surface area contributed by atoms with Crippen molar-refractivity contribution in [2.24, 2.45) is 0 Å². The van der Waals surface area contributed by atoms with E-state index >= 15 is 0 Å². The molecule has 3 aromatic carbocycles. The lowest BCUT2D eigenvalue weighted by molar-refractivity contribution is -0.120. The summed E-state index contributed by atoms with van der Waals surface area (Å²) in [5.74, 6) is 0.950. The molecule has 0 fully saturated rings. The topological polar surface area (TPSA) is 84.9 Å². The van der Waals surface area contributed by atoms with Crippen molar-refractivity contribution in [2.75, 3.05) is 25.1 Å². The number of hydrogen-bond donors (Lipinski definition) is 1. The first-order valence-electron chi connectivity index (χ1n) is 11.0. The van der Waals surface area contributed by atoms with Crippen LogP contribution in [-0.4, -0.2) is 35.1 Å². The third-order valence-electron chi connectivity index (χ3n) is 5.54. The minimum atomic E-state index is -3.98. The van der Waals surface area contributed by atoms with Crippen molar-refractivity contribution in [3.63, 3.8) is 0 Å². The zero-order valence-corrected chi connectivity index (χ0v) is 20.6. The molecule has 8 heteroatoms. The van der Waals surface area contributed by atoms with Crippen molar-refractivity contribution in [3.05, 3.63) is 83.9 Å². The Morgan fingerprint density at radius 3 is 2.21 bits per heavy atom. The van der Waals surface area contributed by atoms with Gasteiger partial charge < -0.3 is 14.8 Å². The molecule has 0 spiro atoms. The van der Waals surface area contributed by atoms with Gasteiger partial charge in [0.25, 0.3) is 10.0 Å². The maximum atomic E-state index is 13.5. The molecule has 0 aromatic heterocycles. The van der Waals surface area contributed by atoms with Crippen molar-refractivity contribution in [2.45, 2.75) is 31.2 Å². The van der Waals surface area contributed by atoms with Gasteiger partial charge in [0.15, 0.2) is 0 Å². The molecule has 0 unspecified atom stereocenters. The number of methoxy groups -OCH3 is 2. The molecule has 0 aliphatic carbocycles. The second kappa shape index (κ2) is 11.1. The van der Waals surface area contributed by atoms with Crippen LogP contribution < -0.4 is 19.1 Å². The first kappa shape index (κ1) is 25.1. The van der Waals surface area contributed by atoms with Gasteiger partial charge in [-0.1, -0.05) is 37.3 Å². The van der Waals surface area contributed by atoms with Crippen LogP contribution in [0.1, 0.15) is 30.5 Å². The number of benzene rings is 3. The van der Waals surface area contributed by atoms with Crippen LogP contribution >= 0.6 is 0 Å². The van der Waals surface area contributed by atoms with E-state index in [9.17, 15) is 13.2 Å². The predicted octanol–water partition coefficient (Wildman–Crippen LogP) is 4.48. The lowest BCUT2D eigenvalue weighted by Gasteiger charge is -2.26. The Labute approximate surface area is 201 Å². The van der Waals surface area contributed by atoms with Crippen molar-refractivity contribution in [3.8, 4) is 11.5 Å². The Balaban J connectivity index is 1.89. The van der Waals surface area contributed by atoms with Gasteiger partial charge in [0, 0.05) is 0 Å². The van der Waals surface area contributed by atoms with Crippen molar-refractivity contribution in [1.29, 1.82) is 0 Å². The number of aryl methyl sites for hydroxylation is 1. The van der Waals surface area contributed by atoms with E-state index in [1.54, 1.807) is 49.6 Å². The van der Waals surface area contributed by atoms with Gasteiger partial charge in [0.1, 0.15) is 18.0 Å². The number of anilines is 1. The van der Waals surface area contributed by atoms with Gasteiger partial charge in [0.05, 0.1) is 30.8 Å². The summed E-state index contributed by atoms with van der Waals surface area (Å²) < 4.78 is 38.6.